The van der Waals surface area contributed by atoms with Gasteiger partial charge in [-0.05, 0) is 6.42 Å². The molecule has 0 unspecified atom stereocenters. The molecule has 1 N–H and O–H groups in total. The van der Waals surface area contributed by atoms with Crippen molar-refractivity contribution >= 4 is 6.16 Å². The Hall–Kier alpha value is -0.133. The Bertz CT molecular complexity index is 228. The quantitative estimate of drug-likeness (QED) is 0.269. The van der Waals surface area contributed by atoms with E-state index in [-0.39, 0.29) is 20.3 Å². The van der Waals surface area contributed by atoms with Gasteiger partial charge < -0.3 is 11.3 Å². The van der Waals surface area contributed by atoms with Crippen LogP contribution in [0.15, 0.2) is 0 Å². The van der Waals surface area contributed by atoms with Crippen LogP contribution in [0, 0.1) is 0 Å². The summed E-state index contributed by atoms with van der Waals surface area (Å²) < 4.78 is 4.47. The van der Waals surface area contributed by atoms with Crippen molar-refractivity contribution in [3.63, 3.8) is 0 Å². The van der Waals surface area contributed by atoms with Gasteiger partial charge in [-0.1, -0.05) is 96.8 Å². The average Bonchev–Trinajstić information content (AvgIpc) is 2.46. The Kier molecular flexibility index (Phi) is 22.9. The number of hydrogen-bond acceptors (Lipinski definition) is 2. The molecule has 4 heteroatoms. The van der Waals surface area contributed by atoms with Crippen molar-refractivity contribution in [3.8, 4) is 0 Å². The number of ether oxygens (including phenoxy) is 1. The smallest absolute Gasteiger partial charge is 1.00 e. The van der Waals surface area contributed by atoms with Crippen molar-refractivity contribution in [2.75, 3.05) is 6.61 Å². The summed E-state index contributed by atoms with van der Waals surface area (Å²) in [5.41, 5.74) is 0. The summed E-state index contributed by atoms with van der Waals surface area (Å²) >= 11 is 0. The number of carbonyl (C=O) groups is 1. The molecule has 0 amide bonds. The molecule has 3 nitrogen and oxygen atoms in total. The van der Waals surface area contributed by atoms with Crippen LogP contribution in [0.3, 0.4) is 0 Å². The van der Waals surface area contributed by atoms with E-state index in [0.29, 0.717) is 6.61 Å². The first-order valence-electron chi connectivity index (χ1n) is 9.13. The van der Waals surface area contributed by atoms with Crippen LogP contribution in [-0.2, 0) is 4.74 Å². The van der Waals surface area contributed by atoms with Crippen LogP contribution in [0.2, 0.25) is 0 Å². The monoisotopic (exact) mass is 308 g/mol. The summed E-state index contributed by atoms with van der Waals surface area (Å²) in [6, 6.07) is 0. The van der Waals surface area contributed by atoms with Gasteiger partial charge in [-0.3, -0.25) is 0 Å². The van der Waals surface area contributed by atoms with Gasteiger partial charge in [0.2, 0.25) is 0 Å². The summed E-state index contributed by atoms with van der Waals surface area (Å²) in [6.45, 7) is 2.62. The van der Waals surface area contributed by atoms with Gasteiger partial charge in [-0.25, -0.2) is 4.79 Å². The zero-order chi connectivity index (χ0) is 15.6. The fourth-order valence-corrected chi connectivity index (χ4v) is 2.63. The van der Waals surface area contributed by atoms with Crippen molar-refractivity contribution in [1.82, 2.24) is 0 Å². The van der Waals surface area contributed by atoms with Gasteiger partial charge in [0, 0.05) is 0 Å². The third kappa shape index (κ3) is 22.2. The maximum absolute atomic E-state index is 10.1. The third-order valence-electron chi connectivity index (χ3n) is 3.97. The second-order valence-electron chi connectivity index (χ2n) is 6.06. The third-order valence-corrected chi connectivity index (χ3v) is 3.97. The second kappa shape index (κ2) is 20.9. The van der Waals surface area contributed by atoms with Crippen LogP contribution in [0.25, 0.3) is 0 Å². The summed E-state index contributed by atoms with van der Waals surface area (Å²) in [6.07, 6.45) is 18.6. The van der Waals surface area contributed by atoms with E-state index in [2.05, 4.69) is 11.7 Å². The summed E-state index contributed by atoms with van der Waals surface area (Å²) in [5.74, 6) is 0. The second-order valence-corrected chi connectivity index (χ2v) is 6.06. The number of unbranched alkanes of at least 4 members (excludes halogenated alkanes) is 14. The van der Waals surface area contributed by atoms with Gasteiger partial charge >= 0.3 is 25.0 Å². The van der Waals surface area contributed by atoms with Crippen molar-refractivity contribution in [2.24, 2.45) is 0 Å². The van der Waals surface area contributed by atoms with E-state index in [1.807, 2.05) is 0 Å². The molecule has 0 aliphatic carbocycles. The van der Waals surface area contributed by atoms with E-state index >= 15 is 0 Å². The first kappa shape index (κ1) is 24.1. The molecular weight excluding hydrogens is 271 g/mol. The molecule has 0 radical (unpaired) electrons. The first-order chi connectivity index (χ1) is 10.3. The minimum absolute atomic E-state index is 0. The maximum Gasteiger partial charge on any atom is 1.00 e. The molecule has 0 saturated heterocycles. The molecule has 22 heavy (non-hydrogen) atoms. The molecule has 0 saturated carbocycles. The molecule has 0 aromatic carbocycles. The Balaban J connectivity index is -0.00000200. The minimum Gasteiger partial charge on any atom is -1.00 e. The van der Waals surface area contributed by atoms with E-state index in [1.165, 1.54) is 83.5 Å². The maximum atomic E-state index is 10.1. The molecular formula is C18H37LiO3. The zero-order valence-electron chi connectivity index (χ0n) is 16.1. The van der Waals surface area contributed by atoms with Gasteiger partial charge in [-0.15, -0.1) is 0 Å². The van der Waals surface area contributed by atoms with Crippen LogP contribution < -0.4 is 18.9 Å². The normalized spacial score (nSPS) is 10.2. The first-order valence-corrected chi connectivity index (χ1v) is 9.13. The fourth-order valence-electron chi connectivity index (χ4n) is 2.63. The topological polar surface area (TPSA) is 46.5 Å². The Morgan fingerprint density at radius 1 is 0.727 bits per heavy atom. The van der Waals surface area contributed by atoms with Gasteiger partial charge in [-0.2, -0.15) is 0 Å². The van der Waals surface area contributed by atoms with Crippen molar-refractivity contribution < 1.29 is 34.9 Å². The molecule has 0 aliphatic rings. The molecule has 0 aliphatic heterocycles. The molecule has 0 bridgehead atoms. The summed E-state index contributed by atoms with van der Waals surface area (Å²) in [7, 11) is 0. The van der Waals surface area contributed by atoms with Crippen LogP contribution in [-0.4, -0.2) is 17.9 Å². The SMILES string of the molecule is CCCCCCCCCCCCCCCCCOC(=O)O.[H-].[Li+]. The van der Waals surface area contributed by atoms with Gasteiger partial charge in [0.15, 0.2) is 0 Å². The van der Waals surface area contributed by atoms with E-state index in [9.17, 15) is 4.79 Å². The molecule has 0 rings (SSSR count). The minimum atomic E-state index is -1.15. The van der Waals surface area contributed by atoms with Crippen LogP contribution in [0.5, 0.6) is 0 Å². The Morgan fingerprint density at radius 2 is 1.05 bits per heavy atom. The standard InChI is InChI=1S/C18H36O3.Li.H/c1-2-3-4-5-6-7-8-9-10-11-12-13-14-15-16-17-21-18(19)20;;/h2-17H2,1H3,(H,19,20);;/q;+1;-1. The van der Waals surface area contributed by atoms with Gasteiger partial charge in [0.25, 0.3) is 0 Å². The largest absolute Gasteiger partial charge is 1.00 e. The molecule has 0 aromatic heterocycles. The molecule has 0 spiro atoms. The van der Waals surface area contributed by atoms with Crippen LogP contribution in [0.4, 0.5) is 4.79 Å². The van der Waals surface area contributed by atoms with Crippen LogP contribution >= 0.6 is 0 Å². The predicted octanol–water partition coefficient (Wildman–Crippen LogP) is 3.67. The molecule has 0 fully saturated rings. The van der Waals surface area contributed by atoms with Gasteiger partial charge in [0.05, 0.1) is 6.61 Å². The van der Waals surface area contributed by atoms with Crippen molar-refractivity contribution in [3.05, 3.63) is 0 Å². The van der Waals surface area contributed by atoms with Crippen LogP contribution in [0.1, 0.15) is 105 Å². The number of hydrogen-bond donors (Lipinski definition) is 1. The van der Waals surface area contributed by atoms with Gasteiger partial charge in [0.1, 0.15) is 0 Å². The zero-order valence-corrected chi connectivity index (χ0v) is 15.1. The average molecular weight is 308 g/mol. The Morgan fingerprint density at radius 3 is 1.36 bits per heavy atom. The van der Waals surface area contributed by atoms with E-state index in [4.69, 9.17) is 5.11 Å². The summed E-state index contributed by atoms with van der Waals surface area (Å²) in [5, 5.41) is 8.31. The number of rotatable bonds is 16. The predicted molar refractivity (Wildman–Crippen MR) is 90.0 cm³/mol. The number of carboxylic acid groups (broad SMARTS) is 1. The Labute approximate surface area is 151 Å². The molecule has 0 aromatic rings. The molecule has 0 heterocycles. The summed E-state index contributed by atoms with van der Waals surface area (Å²) in [4.78, 5) is 10.1. The molecule has 0 atom stereocenters. The van der Waals surface area contributed by atoms with Crippen molar-refractivity contribution in [1.29, 1.82) is 0 Å². The van der Waals surface area contributed by atoms with E-state index in [1.54, 1.807) is 0 Å². The fraction of sp³-hybridized carbons (Fsp3) is 0.944. The van der Waals surface area contributed by atoms with Crippen molar-refractivity contribution in [2.45, 2.75) is 103 Å². The molecule has 128 valence electrons. The van der Waals surface area contributed by atoms with E-state index < -0.39 is 6.16 Å². The van der Waals surface area contributed by atoms with E-state index in [0.717, 1.165) is 12.8 Å².